The topological polar surface area (TPSA) is 63.8 Å². The first-order chi connectivity index (χ1) is 8.54. The van der Waals surface area contributed by atoms with E-state index in [1.165, 1.54) is 7.11 Å². The molecule has 2 aromatic rings. The first kappa shape index (κ1) is 12.9. The lowest BCUT2D eigenvalue weighted by Crippen LogP contribution is -2.08. The van der Waals surface area contributed by atoms with Crippen LogP contribution >= 0.6 is 11.6 Å². The highest BCUT2D eigenvalue weighted by Gasteiger charge is 2.19. The Morgan fingerprint density at radius 1 is 1.61 bits per heavy atom. The van der Waals surface area contributed by atoms with Gasteiger partial charge in [-0.3, -0.25) is 4.40 Å². The van der Waals surface area contributed by atoms with Gasteiger partial charge in [-0.1, -0.05) is 17.7 Å². The molecule has 0 saturated carbocycles. The highest BCUT2D eigenvalue weighted by Crippen LogP contribution is 2.20. The summed E-state index contributed by atoms with van der Waals surface area (Å²) in [4.78, 5) is 15.8. The maximum absolute atomic E-state index is 11.6. The molecular weight excluding hydrogens is 256 g/mol. The number of aromatic nitrogens is 2. The van der Waals surface area contributed by atoms with Gasteiger partial charge in [0.1, 0.15) is 11.0 Å². The van der Waals surface area contributed by atoms with Crippen molar-refractivity contribution in [3.05, 3.63) is 34.9 Å². The number of carbonyl (C=O) groups excluding carboxylic acids is 1. The van der Waals surface area contributed by atoms with E-state index in [0.29, 0.717) is 22.9 Å². The van der Waals surface area contributed by atoms with Gasteiger partial charge in [-0.25, -0.2) is 9.78 Å². The van der Waals surface area contributed by atoms with Crippen molar-refractivity contribution in [3.63, 3.8) is 0 Å². The summed E-state index contributed by atoms with van der Waals surface area (Å²) in [5.41, 5.74) is 0.778. The Balaban J connectivity index is 2.67. The molecule has 0 aliphatic carbocycles. The minimum Gasteiger partial charge on any atom is -0.464 e. The quantitative estimate of drug-likeness (QED) is 0.680. The normalized spacial score (nSPS) is 12.7. The third-order valence-electron chi connectivity index (χ3n) is 2.54. The molecular formula is C12H13ClN2O3. The van der Waals surface area contributed by atoms with Crippen LogP contribution in [0.3, 0.4) is 0 Å². The molecule has 6 heteroatoms. The Bertz CT molecular complexity index is 592. The van der Waals surface area contributed by atoms with Crippen molar-refractivity contribution >= 4 is 23.1 Å². The Hall–Kier alpha value is -1.59. The summed E-state index contributed by atoms with van der Waals surface area (Å²) in [7, 11) is 1.30. The first-order valence-electron chi connectivity index (χ1n) is 5.46. The zero-order valence-corrected chi connectivity index (χ0v) is 10.8. The molecule has 0 aromatic carbocycles. The van der Waals surface area contributed by atoms with Crippen molar-refractivity contribution in [3.8, 4) is 0 Å². The first-order valence-corrected chi connectivity index (χ1v) is 5.84. The van der Waals surface area contributed by atoms with E-state index in [1.54, 1.807) is 29.5 Å². The number of fused-ring (bicyclic) bond motifs is 1. The second-order valence-corrected chi connectivity index (χ2v) is 4.38. The number of aliphatic hydroxyl groups excluding tert-OH is 1. The second kappa shape index (κ2) is 4.96. The number of methoxy groups -OCH3 is 1. The largest absolute Gasteiger partial charge is 0.464 e. The third-order valence-corrected chi connectivity index (χ3v) is 2.84. The smallest absolute Gasteiger partial charge is 0.358 e. The minimum absolute atomic E-state index is 0.204. The number of nitrogens with zero attached hydrogens (tertiary/aromatic N) is 2. The molecule has 1 N–H and O–H groups in total. The molecule has 1 atom stereocenters. The zero-order chi connectivity index (χ0) is 13.3. The molecule has 2 heterocycles. The molecule has 1 unspecified atom stereocenters. The van der Waals surface area contributed by atoms with Gasteiger partial charge < -0.3 is 9.84 Å². The van der Waals surface area contributed by atoms with Gasteiger partial charge in [0, 0.05) is 6.42 Å². The molecule has 0 radical (unpaired) electrons. The number of esters is 1. The summed E-state index contributed by atoms with van der Waals surface area (Å²) in [5.74, 6) is 0.0117. The fourth-order valence-electron chi connectivity index (χ4n) is 1.81. The molecule has 0 aliphatic heterocycles. The third kappa shape index (κ3) is 2.19. The average molecular weight is 269 g/mol. The Morgan fingerprint density at radius 3 is 2.94 bits per heavy atom. The van der Waals surface area contributed by atoms with E-state index < -0.39 is 12.1 Å². The molecule has 0 amide bonds. The number of ether oxygens (including phenoxy) is 1. The molecule has 0 aliphatic rings. The molecule has 0 saturated heterocycles. The maximum atomic E-state index is 11.6. The Morgan fingerprint density at radius 2 is 2.33 bits per heavy atom. The van der Waals surface area contributed by atoms with Crippen molar-refractivity contribution in [2.24, 2.45) is 0 Å². The monoisotopic (exact) mass is 268 g/mol. The van der Waals surface area contributed by atoms with Gasteiger partial charge in [0.05, 0.1) is 18.7 Å². The number of hydrogen-bond acceptors (Lipinski definition) is 4. The van der Waals surface area contributed by atoms with E-state index in [9.17, 15) is 9.90 Å². The number of halogens is 1. The predicted octanol–water partition coefficient (Wildman–Crippen LogP) is 1.70. The molecule has 2 aromatic heterocycles. The van der Waals surface area contributed by atoms with Crippen molar-refractivity contribution < 1.29 is 14.6 Å². The Labute approximate surface area is 109 Å². The van der Waals surface area contributed by atoms with Crippen LogP contribution in [0, 0.1) is 0 Å². The fraction of sp³-hybridized carbons (Fsp3) is 0.333. The van der Waals surface area contributed by atoms with E-state index in [-0.39, 0.29) is 5.69 Å². The molecule has 5 nitrogen and oxygen atoms in total. The van der Waals surface area contributed by atoms with Gasteiger partial charge in [0.15, 0.2) is 5.69 Å². The zero-order valence-electron chi connectivity index (χ0n) is 10.1. The van der Waals surface area contributed by atoms with Crippen molar-refractivity contribution in [1.29, 1.82) is 0 Å². The van der Waals surface area contributed by atoms with Crippen LogP contribution in [0.1, 0.15) is 23.2 Å². The fourth-order valence-corrected chi connectivity index (χ4v) is 2.08. The molecule has 96 valence electrons. The van der Waals surface area contributed by atoms with Crippen LogP contribution in [0.4, 0.5) is 0 Å². The van der Waals surface area contributed by atoms with Gasteiger partial charge in [-0.15, -0.1) is 0 Å². The summed E-state index contributed by atoms with van der Waals surface area (Å²) in [6, 6.07) is 5.16. The Kier molecular flexibility index (Phi) is 3.54. The summed E-state index contributed by atoms with van der Waals surface area (Å²) in [5, 5.41) is 9.88. The van der Waals surface area contributed by atoms with Crippen LogP contribution < -0.4 is 0 Å². The molecule has 0 spiro atoms. The number of imidazole rings is 1. The van der Waals surface area contributed by atoms with Crippen LogP contribution in [-0.2, 0) is 11.2 Å². The summed E-state index contributed by atoms with van der Waals surface area (Å²) in [6.07, 6.45) is -0.264. The van der Waals surface area contributed by atoms with Gasteiger partial charge in [0.2, 0.25) is 0 Å². The molecule has 0 bridgehead atoms. The van der Waals surface area contributed by atoms with Crippen molar-refractivity contribution in [1.82, 2.24) is 9.38 Å². The highest BCUT2D eigenvalue weighted by atomic mass is 35.5. The van der Waals surface area contributed by atoms with Crippen LogP contribution in [-0.4, -0.2) is 33.7 Å². The van der Waals surface area contributed by atoms with Gasteiger partial charge in [-0.2, -0.15) is 0 Å². The van der Waals surface area contributed by atoms with E-state index >= 15 is 0 Å². The SMILES string of the molecule is COC(=O)c1nc(CC(C)O)n2c(Cl)cccc12. The number of rotatable bonds is 3. The number of hydrogen-bond donors (Lipinski definition) is 1. The standard InChI is InChI=1S/C12H13ClN2O3/c1-7(16)6-10-14-11(12(17)18-2)8-4-3-5-9(13)15(8)10/h3-5,7,16H,6H2,1-2H3. The molecule has 18 heavy (non-hydrogen) atoms. The lowest BCUT2D eigenvalue weighted by atomic mass is 10.3. The van der Waals surface area contributed by atoms with Crippen LogP contribution in [0.2, 0.25) is 5.15 Å². The van der Waals surface area contributed by atoms with Crippen molar-refractivity contribution in [2.75, 3.05) is 7.11 Å². The second-order valence-electron chi connectivity index (χ2n) is 3.99. The van der Waals surface area contributed by atoms with Crippen molar-refractivity contribution in [2.45, 2.75) is 19.4 Å². The minimum atomic E-state index is -0.572. The van der Waals surface area contributed by atoms with Crippen LogP contribution in [0.15, 0.2) is 18.2 Å². The highest BCUT2D eigenvalue weighted by molar-refractivity contribution is 6.29. The van der Waals surface area contributed by atoms with E-state index in [4.69, 9.17) is 11.6 Å². The summed E-state index contributed by atoms with van der Waals surface area (Å²) in [6.45, 7) is 1.65. The van der Waals surface area contributed by atoms with Gasteiger partial charge in [0.25, 0.3) is 0 Å². The molecule has 0 fully saturated rings. The van der Waals surface area contributed by atoms with Gasteiger partial charge in [-0.05, 0) is 19.1 Å². The van der Waals surface area contributed by atoms with Gasteiger partial charge >= 0.3 is 5.97 Å². The lowest BCUT2D eigenvalue weighted by molar-refractivity contribution is 0.0596. The van der Waals surface area contributed by atoms with Crippen LogP contribution in [0.25, 0.3) is 5.52 Å². The van der Waals surface area contributed by atoms with Crippen LogP contribution in [0.5, 0.6) is 0 Å². The average Bonchev–Trinajstić information content (AvgIpc) is 2.68. The number of pyridine rings is 1. The lowest BCUT2D eigenvalue weighted by Gasteiger charge is -2.04. The van der Waals surface area contributed by atoms with E-state index in [2.05, 4.69) is 9.72 Å². The van der Waals surface area contributed by atoms with E-state index in [1.807, 2.05) is 0 Å². The van der Waals surface area contributed by atoms with E-state index in [0.717, 1.165) is 0 Å². The summed E-state index contributed by atoms with van der Waals surface area (Å²) < 4.78 is 6.32. The maximum Gasteiger partial charge on any atom is 0.358 e. The molecule has 2 rings (SSSR count). The number of aliphatic hydroxyl groups is 1. The predicted molar refractivity (Wildman–Crippen MR) is 66.9 cm³/mol. The number of carbonyl (C=O) groups is 1. The summed E-state index contributed by atoms with van der Waals surface area (Å²) >= 11 is 6.10.